The monoisotopic (exact) mass is 390 g/mol. The lowest BCUT2D eigenvalue weighted by atomic mass is 9.96. The standard InChI is InChI=1S/C19H23ClN4O3/c20-15-2-1-3-16(10-15)21-19(25)24-8-6-14(7-9-24)18-22-17(27-23-18)12-26-11-13-4-5-13/h1-3,10,13-14H,4-9,11-12H2,(H,21,25). The fourth-order valence-corrected chi connectivity index (χ4v) is 3.39. The van der Waals surface area contributed by atoms with E-state index in [1.54, 1.807) is 17.0 Å². The molecule has 1 aliphatic carbocycles. The number of rotatable bonds is 6. The third-order valence-electron chi connectivity index (χ3n) is 4.98. The molecule has 144 valence electrons. The Morgan fingerprint density at radius 1 is 1.30 bits per heavy atom. The molecule has 27 heavy (non-hydrogen) atoms. The summed E-state index contributed by atoms with van der Waals surface area (Å²) in [5.41, 5.74) is 0.698. The Morgan fingerprint density at radius 3 is 2.85 bits per heavy atom. The summed E-state index contributed by atoms with van der Waals surface area (Å²) in [6, 6.07) is 7.03. The van der Waals surface area contributed by atoms with E-state index in [9.17, 15) is 4.79 Å². The number of ether oxygens (including phenoxy) is 1. The van der Waals surface area contributed by atoms with E-state index >= 15 is 0 Å². The van der Waals surface area contributed by atoms with Crippen LogP contribution in [-0.2, 0) is 11.3 Å². The predicted molar refractivity (Wildman–Crippen MR) is 101 cm³/mol. The van der Waals surface area contributed by atoms with Crippen LogP contribution in [0, 0.1) is 5.92 Å². The second kappa shape index (κ2) is 8.27. The van der Waals surface area contributed by atoms with Gasteiger partial charge in [-0.15, -0.1) is 0 Å². The van der Waals surface area contributed by atoms with Crippen LogP contribution in [0.2, 0.25) is 5.02 Å². The van der Waals surface area contributed by atoms with E-state index in [0.29, 0.717) is 36.3 Å². The molecule has 0 atom stereocenters. The van der Waals surface area contributed by atoms with Gasteiger partial charge in [-0.05, 0) is 49.8 Å². The number of likely N-dealkylation sites (tertiary alicyclic amines) is 1. The molecule has 0 unspecified atom stereocenters. The molecule has 2 aromatic rings. The average molecular weight is 391 g/mol. The molecule has 1 aromatic carbocycles. The first kappa shape index (κ1) is 18.3. The number of anilines is 1. The molecular formula is C19H23ClN4O3. The Balaban J connectivity index is 1.24. The van der Waals surface area contributed by atoms with Gasteiger partial charge in [0.15, 0.2) is 5.82 Å². The van der Waals surface area contributed by atoms with Gasteiger partial charge in [0.1, 0.15) is 6.61 Å². The van der Waals surface area contributed by atoms with Crippen LogP contribution in [0.1, 0.15) is 43.3 Å². The van der Waals surface area contributed by atoms with E-state index in [2.05, 4.69) is 15.5 Å². The fraction of sp³-hybridized carbons (Fsp3) is 0.526. The molecule has 0 radical (unpaired) electrons. The number of urea groups is 1. The highest BCUT2D eigenvalue weighted by atomic mass is 35.5. The number of piperidine rings is 1. The summed E-state index contributed by atoms with van der Waals surface area (Å²) in [4.78, 5) is 18.7. The topological polar surface area (TPSA) is 80.5 Å². The summed E-state index contributed by atoms with van der Waals surface area (Å²) in [7, 11) is 0. The van der Waals surface area contributed by atoms with E-state index in [1.807, 2.05) is 12.1 Å². The zero-order valence-electron chi connectivity index (χ0n) is 15.1. The number of carbonyl (C=O) groups excluding carboxylic acids is 1. The van der Waals surface area contributed by atoms with Crippen LogP contribution in [0.5, 0.6) is 0 Å². The van der Waals surface area contributed by atoms with E-state index in [4.69, 9.17) is 20.9 Å². The Labute approximate surface area is 163 Å². The molecular weight excluding hydrogens is 368 g/mol. The second-order valence-electron chi connectivity index (χ2n) is 7.21. The number of carbonyl (C=O) groups is 1. The Hall–Kier alpha value is -2.12. The van der Waals surface area contributed by atoms with E-state index < -0.39 is 0 Å². The third kappa shape index (κ3) is 4.99. The molecule has 0 spiro atoms. The van der Waals surface area contributed by atoms with Crippen LogP contribution >= 0.6 is 11.6 Å². The molecule has 8 heteroatoms. The van der Waals surface area contributed by atoms with Crippen molar-refractivity contribution in [3.63, 3.8) is 0 Å². The van der Waals surface area contributed by atoms with Crippen molar-refractivity contribution in [3.8, 4) is 0 Å². The van der Waals surface area contributed by atoms with Gasteiger partial charge < -0.3 is 19.5 Å². The first-order chi connectivity index (χ1) is 13.2. The molecule has 4 rings (SSSR count). The van der Waals surface area contributed by atoms with Crippen molar-refractivity contribution >= 4 is 23.3 Å². The number of nitrogens with zero attached hydrogens (tertiary/aromatic N) is 3. The van der Waals surface area contributed by atoms with Crippen molar-refractivity contribution in [2.24, 2.45) is 5.92 Å². The van der Waals surface area contributed by atoms with Crippen molar-refractivity contribution in [3.05, 3.63) is 41.0 Å². The van der Waals surface area contributed by atoms with Crippen LogP contribution < -0.4 is 5.32 Å². The minimum atomic E-state index is -0.113. The number of amides is 2. The first-order valence-corrected chi connectivity index (χ1v) is 9.77. The number of hydrogen-bond acceptors (Lipinski definition) is 5. The molecule has 7 nitrogen and oxygen atoms in total. The van der Waals surface area contributed by atoms with Crippen molar-refractivity contribution in [1.29, 1.82) is 0 Å². The van der Waals surface area contributed by atoms with E-state index in [-0.39, 0.29) is 11.9 Å². The van der Waals surface area contributed by atoms with Crippen LogP contribution in [0.15, 0.2) is 28.8 Å². The van der Waals surface area contributed by atoms with Gasteiger partial charge in [0.2, 0.25) is 0 Å². The molecule has 1 saturated carbocycles. The Morgan fingerprint density at radius 2 is 2.11 bits per heavy atom. The summed E-state index contributed by atoms with van der Waals surface area (Å²) in [6.07, 6.45) is 4.15. The lowest BCUT2D eigenvalue weighted by Gasteiger charge is -2.30. The van der Waals surface area contributed by atoms with Crippen molar-refractivity contribution in [2.45, 2.75) is 38.2 Å². The molecule has 1 aromatic heterocycles. The zero-order chi connectivity index (χ0) is 18.6. The minimum absolute atomic E-state index is 0.113. The molecule has 2 amide bonds. The normalized spacial score (nSPS) is 17.9. The summed E-state index contributed by atoms with van der Waals surface area (Å²) in [5, 5.41) is 7.58. The van der Waals surface area contributed by atoms with Crippen LogP contribution in [0.3, 0.4) is 0 Å². The molecule has 2 heterocycles. The molecule has 0 bridgehead atoms. The number of hydrogen-bond donors (Lipinski definition) is 1. The summed E-state index contributed by atoms with van der Waals surface area (Å²) in [6.45, 7) is 2.46. The minimum Gasteiger partial charge on any atom is -0.371 e. The van der Waals surface area contributed by atoms with Gasteiger partial charge in [0.05, 0.1) is 6.61 Å². The van der Waals surface area contributed by atoms with Gasteiger partial charge in [-0.1, -0.05) is 22.8 Å². The second-order valence-corrected chi connectivity index (χ2v) is 7.64. The van der Waals surface area contributed by atoms with Crippen molar-refractivity contribution < 1.29 is 14.1 Å². The SMILES string of the molecule is O=C(Nc1cccc(Cl)c1)N1CCC(c2noc(COCC3CC3)n2)CC1. The number of nitrogens with one attached hydrogen (secondary N) is 1. The molecule has 2 fully saturated rings. The van der Waals surface area contributed by atoms with Crippen LogP contribution in [0.25, 0.3) is 0 Å². The maximum atomic E-state index is 12.4. The lowest BCUT2D eigenvalue weighted by molar-refractivity contribution is 0.0894. The Bertz CT molecular complexity index is 785. The Kier molecular flexibility index (Phi) is 5.59. The highest BCUT2D eigenvalue weighted by molar-refractivity contribution is 6.30. The smallest absolute Gasteiger partial charge is 0.321 e. The van der Waals surface area contributed by atoms with Gasteiger partial charge in [0, 0.05) is 29.7 Å². The summed E-state index contributed by atoms with van der Waals surface area (Å²) >= 11 is 5.96. The summed E-state index contributed by atoms with van der Waals surface area (Å²) < 4.78 is 10.9. The van der Waals surface area contributed by atoms with Crippen LogP contribution in [0.4, 0.5) is 10.5 Å². The van der Waals surface area contributed by atoms with Gasteiger partial charge in [-0.2, -0.15) is 4.98 Å². The van der Waals surface area contributed by atoms with Crippen molar-refractivity contribution in [1.82, 2.24) is 15.0 Å². The van der Waals surface area contributed by atoms with Gasteiger partial charge >= 0.3 is 6.03 Å². The zero-order valence-corrected chi connectivity index (χ0v) is 15.8. The largest absolute Gasteiger partial charge is 0.371 e. The van der Waals surface area contributed by atoms with Crippen molar-refractivity contribution in [2.75, 3.05) is 25.0 Å². The highest BCUT2D eigenvalue weighted by Gasteiger charge is 2.27. The molecule has 1 saturated heterocycles. The van der Waals surface area contributed by atoms with E-state index in [1.165, 1.54) is 12.8 Å². The van der Waals surface area contributed by atoms with Gasteiger partial charge in [-0.3, -0.25) is 0 Å². The molecule has 2 aliphatic rings. The average Bonchev–Trinajstić information content (AvgIpc) is 3.37. The number of halogens is 1. The summed E-state index contributed by atoms with van der Waals surface area (Å²) in [5.74, 6) is 2.18. The number of aromatic nitrogens is 2. The number of benzene rings is 1. The quantitative estimate of drug-likeness (QED) is 0.804. The highest BCUT2D eigenvalue weighted by Crippen LogP contribution is 2.29. The van der Waals surface area contributed by atoms with Crippen LogP contribution in [-0.4, -0.2) is 40.8 Å². The third-order valence-corrected chi connectivity index (χ3v) is 5.22. The molecule has 1 aliphatic heterocycles. The predicted octanol–water partition coefficient (Wildman–Crippen LogP) is 4.06. The first-order valence-electron chi connectivity index (χ1n) is 9.39. The lowest BCUT2D eigenvalue weighted by Crippen LogP contribution is -2.40. The van der Waals surface area contributed by atoms with Gasteiger partial charge in [0.25, 0.3) is 5.89 Å². The maximum absolute atomic E-state index is 12.4. The molecule has 1 N–H and O–H groups in total. The van der Waals surface area contributed by atoms with E-state index in [0.717, 1.165) is 31.2 Å². The maximum Gasteiger partial charge on any atom is 0.321 e. The van der Waals surface area contributed by atoms with Gasteiger partial charge in [-0.25, -0.2) is 4.79 Å². The fourth-order valence-electron chi connectivity index (χ4n) is 3.20.